The molecule has 0 spiro atoms. The molecule has 3 heteroatoms. The van der Waals surface area contributed by atoms with Crippen LogP contribution in [0, 0.1) is 6.92 Å². The van der Waals surface area contributed by atoms with Crippen molar-refractivity contribution in [3.05, 3.63) is 35.4 Å². The van der Waals surface area contributed by atoms with Crippen LogP contribution in [0.5, 0.6) is 0 Å². The first-order valence-corrected chi connectivity index (χ1v) is 5.27. The summed E-state index contributed by atoms with van der Waals surface area (Å²) in [4.78, 5) is 0. The van der Waals surface area contributed by atoms with Crippen LogP contribution in [0.15, 0.2) is 24.3 Å². The van der Waals surface area contributed by atoms with Crippen LogP contribution in [-0.4, -0.2) is 6.54 Å². The first-order chi connectivity index (χ1) is 6.75. The smallest absolute Gasteiger partial charge is 0.0297 e. The highest BCUT2D eigenvalue weighted by Crippen LogP contribution is 2.19. The molecular formula is C12H21ClN2. The number of rotatable bonds is 5. The van der Waals surface area contributed by atoms with E-state index in [1.807, 2.05) is 12.1 Å². The summed E-state index contributed by atoms with van der Waals surface area (Å²) in [7, 11) is 0. The van der Waals surface area contributed by atoms with Gasteiger partial charge in [0.1, 0.15) is 0 Å². The Hall–Kier alpha value is -0.570. The normalized spacial score (nSPS) is 11.9. The predicted octanol–water partition coefficient (Wildman–Crippen LogP) is 2.55. The van der Waals surface area contributed by atoms with Gasteiger partial charge in [0.25, 0.3) is 0 Å². The summed E-state index contributed by atoms with van der Waals surface area (Å²) in [6.07, 6.45) is 3.22. The summed E-state index contributed by atoms with van der Waals surface area (Å²) in [6, 6.07) is 8.49. The molecule has 0 aliphatic carbocycles. The van der Waals surface area contributed by atoms with E-state index in [4.69, 9.17) is 11.5 Å². The first-order valence-electron chi connectivity index (χ1n) is 5.27. The minimum Gasteiger partial charge on any atom is -0.330 e. The van der Waals surface area contributed by atoms with Crippen molar-refractivity contribution in [1.29, 1.82) is 0 Å². The van der Waals surface area contributed by atoms with E-state index in [9.17, 15) is 0 Å². The van der Waals surface area contributed by atoms with Crippen LogP contribution in [-0.2, 0) is 0 Å². The van der Waals surface area contributed by atoms with E-state index < -0.39 is 0 Å². The maximum Gasteiger partial charge on any atom is 0.0297 e. The fourth-order valence-corrected chi connectivity index (χ4v) is 1.67. The van der Waals surface area contributed by atoms with Crippen LogP contribution < -0.4 is 11.5 Å². The summed E-state index contributed by atoms with van der Waals surface area (Å²) in [5.74, 6) is 0. The van der Waals surface area contributed by atoms with E-state index in [-0.39, 0.29) is 18.4 Å². The van der Waals surface area contributed by atoms with Gasteiger partial charge in [0.05, 0.1) is 0 Å². The number of hydrogen-bond acceptors (Lipinski definition) is 2. The average Bonchev–Trinajstić information content (AvgIpc) is 2.18. The van der Waals surface area contributed by atoms with E-state index in [1.165, 1.54) is 11.1 Å². The number of unbranched alkanes of at least 4 members (excludes halogenated alkanes) is 1. The quantitative estimate of drug-likeness (QED) is 0.762. The fourth-order valence-electron chi connectivity index (χ4n) is 1.67. The standard InChI is InChI=1S/C12H20N2.ClH/c1-10-6-2-3-7-11(10)12(14)8-4-5-9-13;/h2-3,6-7,12H,4-5,8-9,13-14H2,1H3;1H/t12-;/m0./s1. The van der Waals surface area contributed by atoms with Gasteiger partial charge in [0.15, 0.2) is 0 Å². The van der Waals surface area contributed by atoms with E-state index >= 15 is 0 Å². The summed E-state index contributed by atoms with van der Waals surface area (Å²) >= 11 is 0. The molecule has 0 heterocycles. The number of benzene rings is 1. The Bertz CT molecular complexity index is 276. The zero-order valence-corrected chi connectivity index (χ0v) is 10.1. The molecule has 0 aliphatic heterocycles. The third-order valence-electron chi connectivity index (χ3n) is 2.56. The Morgan fingerprint density at radius 3 is 2.47 bits per heavy atom. The zero-order chi connectivity index (χ0) is 10.4. The molecule has 1 aromatic rings. The van der Waals surface area contributed by atoms with Crippen molar-refractivity contribution in [3.63, 3.8) is 0 Å². The summed E-state index contributed by atoms with van der Waals surface area (Å²) in [6.45, 7) is 2.87. The fraction of sp³-hybridized carbons (Fsp3) is 0.500. The van der Waals surface area contributed by atoms with Crippen molar-refractivity contribution in [3.8, 4) is 0 Å². The van der Waals surface area contributed by atoms with Gasteiger partial charge in [-0.05, 0) is 37.4 Å². The number of nitrogens with two attached hydrogens (primary N) is 2. The van der Waals surface area contributed by atoms with Crippen molar-refractivity contribution in [2.45, 2.75) is 32.2 Å². The molecule has 0 aliphatic rings. The van der Waals surface area contributed by atoms with Gasteiger partial charge in [-0.2, -0.15) is 0 Å². The third-order valence-corrected chi connectivity index (χ3v) is 2.56. The Labute approximate surface area is 98.5 Å². The van der Waals surface area contributed by atoms with Crippen molar-refractivity contribution >= 4 is 12.4 Å². The Morgan fingerprint density at radius 1 is 1.20 bits per heavy atom. The molecule has 1 aromatic carbocycles. The van der Waals surface area contributed by atoms with Crippen LogP contribution in [0.25, 0.3) is 0 Å². The maximum atomic E-state index is 6.10. The molecule has 0 aromatic heterocycles. The summed E-state index contributed by atoms with van der Waals surface area (Å²) in [5.41, 5.74) is 14.1. The Balaban J connectivity index is 0.00000196. The summed E-state index contributed by atoms with van der Waals surface area (Å²) < 4.78 is 0. The molecule has 0 fully saturated rings. The lowest BCUT2D eigenvalue weighted by atomic mass is 9.98. The molecule has 15 heavy (non-hydrogen) atoms. The largest absolute Gasteiger partial charge is 0.330 e. The lowest BCUT2D eigenvalue weighted by Crippen LogP contribution is -2.12. The van der Waals surface area contributed by atoms with Crippen LogP contribution in [0.4, 0.5) is 0 Å². The van der Waals surface area contributed by atoms with Crippen molar-refractivity contribution < 1.29 is 0 Å². The topological polar surface area (TPSA) is 52.0 Å². The molecule has 2 nitrogen and oxygen atoms in total. The van der Waals surface area contributed by atoms with Crippen LogP contribution >= 0.6 is 12.4 Å². The second-order valence-corrected chi connectivity index (χ2v) is 3.75. The van der Waals surface area contributed by atoms with Crippen LogP contribution in [0.1, 0.15) is 36.4 Å². The second-order valence-electron chi connectivity index (χ2n) is 3.75. The first kappa shape index (κ1) is 14.4. The minimum atomic E-state index is 0. The molecule has 86 valence electrons. The van der Waals surface area contributed by atoms with Gasteiger partial charge in [0.2, 0.25) is 0 Å². The molecule has 0 saturated heterocycles. The van der Waals surface area contributed by atoms with E-state index in [0.29, 0.717) is 0 Å². The number of halogens is 1. The van der Waals surface area contributed by atoms with Gasteiger partial charge >= 0.3 is 0 Å². The molecule has 0 bridgehead atoms. The van der Waals surface area contributed by atoms with Gasteiger partial charge in [0, 0.05) is 6.04 Å². The van der Waals surface area contributed by atoms with Crippen molar-refractivity contribution in [2.75, 3.05) is 6.54 Å². The molecule has 4 N–H and O–H groups in total. The lowest BCUT2D eigenvalue weighted by molar-refractivity contribution is 0.589. The second kappa shape index (κ2) is 7.69. The van der Waals surface area contributed by atoms with E-state index in [1.54, 1.807) is 0 Å². The molecule has 1 atom stereocenters. The van der Waals surface area contributed by atoms with Gasteiger partial charge in [-0.3, -0.25) is 0 Å². The third kappa shape index (κ3) is 4.65. The lowest BCUT2D eigenvalue weighted by Gasteiger charge is -2.14. The highest BCUT2D eigenvalue weighted by molar-refractivity contribution is 5.85. The van der Waals surface area contributed by atoms with Crippen LogP contribution in [0.3, 0.4) is 0 Å². The molecule has 1 rings (SSSR count). The SMILES string of the molecule is Cc1ccccc1[C@@H](N)CCCCN.Cl. The predicted molar refractivity (Wildman–Crippen MR) is 68.3 cm³/mol. The van der Waals surface area contributed by atoms with Crippen molar-refractivity contribution in [2.24, 2.45) is 11.5 Å². The Kier molecular flexibility index (Phi) is 7.39. The molecular weight excluding hydrogens is 208 g/mol. The summed E-state index contributed by atoms with van der Waals surface area (Å²) in [5, 5.41) is 0. The molecule has 0 saturated carbocycles. The van der Waals surface area contributed by atoms with Gasteiger partial charge in [-0.15, -0.1) is 12.4 Å². The van der Waals surface area contributed by atoms with Gasteiger partial charge < -0.3 is 11.5 Å². The van der Waals surface area contributed by atoms with Crippen LogP contribution in [0.2, 0.25) is 0 Å². The molecule has 0 radical (unpaired) electrons. The average molecular weight is 229 g/mol. The number of aryl methyl sites for hydroxylation is 1. The van der Waals surface area contributed by atoms with Gasteiger partial charge in [-0.1, -0.05) is 30.7 Å². The minimum absolute atomic E-state index is 0. The number of hydrogen-bond donors (Lipinski definition) is 2. The van der Waals surface area contributed by atoms with Crippen molar-refractivity contribution in [1.82, 2.24) is 0 Å². The highest BCUT2D eigenvalue weighted by atomic mass is 35.5. The maximum absolute atomic E-state index is 6.10. The monoisotopic (exact) mass is 228 g/mol. The Morgan fingerprint density at radius 2 is 1.87 bits per heavy atom. The van der Waals surface area contributed by atoms with E-state index in [0.717, 1.165) is 25.8 Å². The molecule has 0 amide bonds. The highest BCUT2D eigenvalue weighted by Gasteiger charge is 2.06. The molecule has 0 unspecified atom stereocenters. The van der Waals surface area contributed by atoms with E-state index in [2.05, 4.69) is 19.1 Å². The van der Waals surface area contributed by atoms with Gasteiger partial charge in [-0.25, -0.2) is 0 Å². The zero-order valence-electron chi connectivity index (χ0n) is 9.28.